The predicted octanol–water partition coefficient (Wildman–Crippen LogP) is 2.71. The third-order valence-electron chi connectivity index (χ3n) is 2.98. The summed E-state index contributed by atoms with van der Waals surface area (Å²) in [6.07, 6.45) is 2.89. The zero-order chi connectivity index (χ0) is 17.9. The second kappa shape index (κ2) is 7.68. The average Bonchev–Trinajstić information content (AvgIpc) is 2.95. The van der Waals surface area contributed by atoms with Crippen LogP contribution >= 0.6 is 34.7 Å². The van der Waals surface area contributed by atoms with Gasteiger partial charge in [0.15, 0.2) is 4.34 Å². The molecular formula is C13H15ClN4O3S3. The van der Waals surface area contributed by atoms with Crippen molar-refractivity contribution in [1.82, 2.24) is 10.2 Å². The molecule has 0 radical (unpaired) electrons. The number of anilines is 2. The minimum Gasteiger partial charge on any atom is -0.299 e. The highest BCUT2D eigenvalue weighted by Crippen LogP contribution is 2.25. The summed E-state index contributed by atoms with van der Waals surface area (Å²) in [5.74, 6) is -0.501. The SMILES string of the molecule is CSc1nnc(NC(=O)[C@H](C)N(c2ccc(Cl)cc2)S(C)(=O)=O)s1. The lowest BCUT2D eigenvalue weighted by Gasteiger charge is -2.27. The van der Waals surface area contributed by atoms with Crippen LogP contribution in [0.5, 0.6) is 0 Å². The fourth-order valence-electron chi connectivity index (χ4n) is 1.95. The highest BCUT2D eigenvalue weighted by atomic mass is 35.5. The van der Waals surface area contributed by atoms with Gasteiger partial charge in [0.05, 0.1) is 11.9 Å². The Balaban J connectivity index is 2.25. The third kappa shape index (κ3) is 4.59. The summed E-state index contributed by atoms with van der Waals surface area (Å²) in [5.41, 5.74) is 0.353. The molecular weight excluding hydrogens is 392 g/mol. The van der Waals surface area contributed by atoms with Gasteiger partial charge in [0.1, 0.15) is 6.04 Å². The maximum absolute atomic E-state index is 12.4. The number of rotatable bonds is 6. The maximum Gasteiger partial charge on any atom is 0.249 e. The first kappa shape index (κ1) is 19.0. The number of sulfonamides is 1. The Hall–Kier alpha value is -1.36. The minimum atomic E-state index is -3.67. The van der Waals surface area contributed by atoms with Crippen LogP contribution in [-0.2, 0) is 14.8 Å². The van der Waals surface area contributed by atoms with Gasteiger partial charge in [-0.15, -0.1) is 10.2 Å². The molecule has 11 heteroatoms. The Morgan fingerprint density at radius 1 is 1.33 bits per heavy atom. The van der Waals surface area contributed by atoms with Crippen LogP contribution in [0.1, 0.15) is 6.92 Å². The molecule has 0 bridgehead atoms. The van der Waals surface area contributed by atoms with Gasteiger partial charge in [-0.25, -0.2) is 8.42 Å². The molecule has 2 aromatic rings. The van der Waals surface area contributed by atoms with Gasteiger partial charge in [-0.1, -0.05) is 34.7 Å². The molecule has 0 saturated carbocycles. The molecule has 0 unspecified atom stereocenters. The first-order valence-electron chi connectivity index (χ1n) is 6.65. The largest absolute Gasteiger partial charge is 0.299 e. The zero-order valence-electron chi connectivity index (χ0n) is 13.1. The molecule has 1 aromatic carbocycles. The van der Waals surface area contributed by atoms with Crippen LogP contribution in [0, 0.1) is 0 Å². The second-order valence-electron chi connectivity index (χ2n) is 4.78. The van der Waals surface area contributed by atoms with Crippen LogP contribution in [0.4, 0.5) is 10.8 Å². The van der Waals surface area contributed by atoms with Crippen molar-refractivity contribution in [2.45, 2.75) is 17.3 Å². The number of carbonyl (C=O) groups is 1. The van der Waals surface area contributed by atoms with Crippen LogP contribution in [0.25, 0.3) is 0 Å². The number of thioether (sulfide) groups is 1. The average molecular weight is 407 g/mol. The summed E-state index contributed by atoms with van der Waals surface area (Å²) in [4.78, 5) is 12.4. The van der Waals surface area contributed by atoms with E-state index in [0.29, 0.717) is 20.2 Å². The molecule has 0 aliphatic carbocycles. The van der Waals surface area contributed by atoms with Gasteiger partial charge in [0.2, 0.25) is 21.1 Å². The van der Waals surface area contributed by atoms with Crippen molar-refractivity contribution in [2.75, 3.05) is 22.1 Å². The van der Waals surface area contributed by atoms with E-state index in [1.54, 1.807) is 24.3 Å². The molecule has 1 atom stereocenters. The molecule has 1 N–H and O–H groups in total. The van der Waals surface area contributed by atoms with Crippen molar-refractivity contribution < 1.29 is 13.2 Å². The lowest BCUT2D eigenvalue weighted by atomic mass is 10.2. The van der Waals surface area contributed by atoms with Crippen LogP contribution < -0.4 is 9.62 Å². The predicted molar refractivity (Wildman–Crippen MR) is 98.6 cm³/mol. The van der Waals surface area contributed by atoms with Gasteiger partial charge >= 0.3 is 0 Å². The van der Waals surface area contributed by atoms with E-state index in [-0.39, 0.29) is 0 Å². The first-order chi connectivity index (χ1) is 11.2. The minimum absolute atomic E-state index is 0.320. The van der Waals surface area contributed by atoms with E-state index in [9.17, 15) is 13.2 Å². The van der Waals surface area contributed by atoms with Crippen molar-refractivity contribution in [1.29, 1.82) is 0 Å². The lowest BCUT2D eigenvalue weighted by molar-refractivity contribution is -0.116. The van der Waals surface area contributed by atoms with Crippen molar-refractivity contribution in [2.24, 2.45) is 0 Å². The molecule has 0 spiro atoms. The number of nitrogens with zero attached hydrogens (tertiary/aromatic N) is 3. The monoisotopic (exact) mass is 406 g/mol. The van der Waals surface area contributed by atoms with Gasteiger partial charge in [-0.05, 0) is 37.4 Å². The quantitative estimate of drug-likeness (QED) is 0.585. The number of halogens is 1. The fourth-order valence-corrected chi connectivity index (χ4v) is 4.42. The number of nitrogens with one attached hydrogen (secondary N) is 1. The van der Waals surface area contributed by atoms with Gasteiger partial charge in [0, 0.05) is 5.02 Å². The number of aromatic nitrogens is 2. The number of benzene rings is 1. The summed E-state index contributed by atoms with van der Waals surface area (Å²) in [6, 6.07) is 5.25. The van der Waals surface area contributed by atoms with Gasteiger partial charge in [0.25, 0.3) is 0 Å². The van der Waals surface area contributed by atoms with E-state index in [0.717, 1.165) is 10.6 Å². The van der Waals surface area contributed by atoms with E-state index in [1.807, 2.05) is 6.26 Å². The fraction of sp³-hybridized carbons (Fsp3) is 0.308. The van der Waals surface area contributed by atoms with Crippen molar-refractivity contribution in [3.63, 3.8) is 0 Å². The third-order valence-corrected chi connectivity index (χ3v) is 6.29. The second-order valence-corrected chi connectivity index (χ2v) is 9.10. The van der Waals surface area contributed by atoms with Gasteiger partial charge in [-0.3, -0.25) is 14.4 Å². The Kier molecular flexibility index (Phi) is 6.07. The summed E-state index contributed by atoms with van der Waals surface area (Å²) in [6.45, 7) is 1.50. The molecule has 2 rings (SSSR count). The lowest BCUT2D eigenvalue weighted by Crippen LogP contribution is -2.45. The molecule has 0 aliphatic rings. The smallest absolute Gasteiger partial charge is 0.249 e. The molecule has 0 fully saturated rings. The normalized spacial score (nSPS) is 12.7. The van der Waals surface area contributed by atoms with Gasteiger partial charge in [-0.2, -0.15) is 0 Å². The summed E-state index contributed by atoms with van der Waals surface area (Å²) in [5, 5.41) is 11.1. The molecule has 1 heterocycles. The van der Waals surface area contributed by atoms with E-state index < -0.39 is 22.0 Å². The van der Waals surface area contributed by atoms with E-state index in [1.165, 1.54) is 30.0 Å². The van der Waals surface area contributed by atoms with Crippen molar-refractivity contribution in [3.8, 4) is 0 Å². The highest BCUT2D eigenvalue weighted by Gasteiger charge is 2.29. The van der Waals surface area contributed by atoms with Gasteiger partial charge < -0.3 is 0 Å². The summed E-state index contributed by atoms with van der Waals surface area (Å²) in [7, 11) is -3.67. The Labute approximate surface area is 153 Å². The van der Waals surface area contributed by atoms with E-state index in [4.69, 9.17) is 11.6 Å². The van der Waals surface area contributed by atoms with Crippen LogP contribution in [0.15, 0.2) is 28.6 Å². The Bertz CT molecular complexity index is 823. The van der Waals surface area contributed by atoms with E-state index in [2.05, 4.69) is 15.5 Å². The molecule has 1 aromatic heterocycles. The van der Waals surface area contributed by atoms with Crippen LogP contribution in [-0.4, -0.2) is 43.1 Å². The molecule has 24 heavy (non-hydrogen) atoms. The zero-order valence-corrected chi connectivity index (χ0v) is 16.3. The summed E-state index contributed by atoms with van der Waals surface area (Å²) >= 11 is 8.46. The molecule has 130 valence electrons. The molecule has 7 nitrogen and oxygen atoms in total. The maximum atomic E-state index is 12.4. The number of hydrogen-bond acceptors (Lipinski definition) is 7. The molecule has 1 amide bonds. The standard InChI is InChI=1S/C13H15ClN4O3S3/c1-8(11(19)15-12-16-17-13(22-2)23-12)18(24(3,20)21)10-6-4-9(14)5-7-10/h4-8H,1-3H3,(H,15,16,19)/t8-/m0/s1. The topological polar surface area (TPSA) is 92.3 Å². The first-order valence-corrected chi connectivity index (χ1v) is 10.9. The molecule has 0 saturated heterocycles. The molecule has 0 aliphatic heterocycles. The summed E-state index contributed by atoms with van der Waals surface area (Å²) < 4.78 is 26.0. The van der Waals surface area contributed by atoms with Crippen molar-refractivity contribution in [3.05, 3.63) is 29.3 Å². The van der Waals surface area contributed by atoms with Crippen molar-refractivity contribution >= 4 is 61.4 Å². The highest BCUT2D eigenvalue weighted by molar-refractivity contribution is 8.00. The number of carbonyl (C=O) groups excluding carboxylic acids is 1. The Morgan fingerprint density at radius 3 is 2.46 bits per heavy atom. The van der Waals surface area contributed by atoms with Crippen LogP contribution in [0.3, 0.4) is 0 Å². The Morgan fingerprint density at radius 2 is 1.96 bits per heavy atom. The number of amides is 1. The van der Waals surface area contributed by atoms with E-state index >= 15 is 0 Å². The van der Waals surface area contributed by atoms with Crippen LogP contribution in [0.2, 0.25) is 5.02 Å². The number of hydrogen-bond donors (Lipinski definition) is 1.